The van der Waals surface area contributed by atoms with E-state index in [0.717, 1.165) is 23.5 Å². The van der Waals surface area contributed by atoms with Gasteiger partial charge in [0, 0.05) is 23.0 Å². The van der Waals surface area contributed by atoms with Crippen LogP contribution in [0.1, 0.15) is 49.2 Å². The smallest absolute Gasteiger partial charge is 0.222 e. The Morgan fingerprint density at radius 3 is 2.74 bits per heavy atom. The monoisotopic (exact) mass is 281 g/mol. The lowest BCUT2D eigenvalue weighted by Crippen LogP contribution is -2.48. The van der Waals surface area contributed by atoms with E-state index in [0.29, 0.717) is 13.0 Å². The van der Waals surface area contributed by atoms with Crippen LogP contribution < -0.4 is 10.6 Å². The number of aromatic nitrogens is 1. The molecule has 1 aliphatic rings. The maximum absolute atomic E-state index is 12.1. The third-order valence-corrected chi connectivity index (χ3v) is 4.91. The van der Waals surface area contributed by atoms with Crippen LogP contribution in [0.15, 0.2) is 5.38 Å². The largest absolute Gasteiger partial charge is 0.350 e. The molecule has 2 rings (SSSR count). The fourth-order valence-electron chi connectivity index (χ4n) is 2.77. The number of hydrogen-bond donors (Lipinski definition) is 2. The van der Waals surface area contributed by atoms with Gasteiger partial charge < -0.3 is 10.6 Å². The standard InChI is InChI=1S/C14H23N3OS/c1-11-10-19-13(17-11)9-16-12(18)8-14(15-2)6-4-3-5-7-14/h10,15H,3-9H2,1-2H3,(H,16,18). The highest BCUT2D eigenvalue weighted by molar-refractivity contribution is 7.09. The van der Waals surface area contributed by atoms with Gasteiger partial charge in [-0.25, -0.2) is 4.98 Å². The van der Waals surface area contributed by atoms with E-state index >= 15 is 0 Å². The molecule has 5 heteroatoms. The van der Waals surface area contributed by atoms with Gasteiger partial charge in [-0.15, -0.1) is 11.3 Å². The maximum Gasteiger partial charge on any atom is 0.222 e. The Morgan fingerprint density at radius 1 is 1.42 bits per heavy atom. The van der Waals surface area contributed by atoms with Crippen molar-refractivity contribution in [1.29, 1.82) is 0 Å². The number of carbonyl (C=O) groups excluding carboxylic acids is 1. The Morgan fingerprint density at radius 2 is 2.16 bits per heavy atom. The molecule has 0 bridgehead atoms. The minimum Gasteiger partial charge on any atom is -0.350 e. The van der Waals surface area contributed by atoms with Gasteiger partial charge in [-0.3, -0.25) is 4.79 Å². The molecule has 1 aliphatic carbocycles. The first-order valence-electron chi connectivity index (χ1n) is 7.00. The summed E-state index contributed by atoms with van der Waals surface area (Å²) >= 11 is 1.60. The Bertz CT molecular complexity index is 424. The minimum atomic E-state index is 0.0150. The first-order chi connectivity index (χ1) is 9.13. The van der Waals surface area contributed by atoms with Crippen LogP contribution in [0.2, 0.25) is 0 Å². The fourth-order valence-corrected chi connectivity index (χ4v) is 3.48. The molecule has 1 aromatic rings. The quantitative estimate of drug-likeness (QED) is 0.871. The Kier molecular flexibility index (Phi) is 4.93. The Balaban J connectivity index is 1.82. The second-order valence-electron chi connectivity index (χ2n) is 5.43. The summed E-state index contributed by atoms with van der Waals surface area (Å²) in [6.07, 6.45) is 6.53. The zero-order valence-electron chi connectivity index (χ0n) is 11.8. The van der Waals surface area contributed by atoms with E-state index in [1.165, 1.54) is 19.3 Å². The van der Waals surface area contributed by atoms with Crippen molar-refractivity contribution in [2.24, 2.45) is 0 Å². The average Bonchev–Trinajstić information content (AvgIpc) is 2.83. The summed E-state index contributed by atoms with van der Waals surface area (Å²) in [5.41, 5.74) is 1.04. The molecule has 106 valence electrons. The predicted molar refractivity (Wildman–Crippen MR) is 78.2 cm³/mol. The number of nitrogens with zero attached hydrogens (tertiary/aromatic N) is 1. The van der Waals surface area contributed by atoms with Crippen molar-refractivity contribution in [2.75, 3.05) is 7.05 Å². The first-order valence-corrected chi connectivity index (χ1v) is 7.88. The number of thiazole rings is 1. The third kappa shape index (κ3) is 4.01. The molecule has 0 radical (unpaired) electrons. The zero-order chi connectivity index (χ0) is 13.7. The topological polar surface area (TPSA) is 54.0 Å². The van der Waals surface area contributed by atoms with Crippen molar-refractivity contribution in [3.8, 4) is 0 Å². The SMILES string of the molecule is CNC1(CC(=O)NCc2nc(C)cs2)CCCCC1. The molecule has 4 nitrogen and oxygen atoms in total. The molecule has 0 saturated heterocycles. The van der Waals surface area contributed by atoms with Crippen LogP contribution in [0.25, 0.3) is 0 Å². The van der Waals surface area contributed by atoms with Gasteiger partial charge in [-0.05, 0) is 26.8 Å². The number of aryl methyl sites for hydroxylation is 1. The van der Waals surface area contributed by atoms with Crippen LogP contribution >= 0.6 is 11.3 Å². The van der Waals surface area contributed by atoms with Crippen molar-refractivity contribution < 1.29 is 4.79 Å². The van der Waals surface area contributed by atoms with Gasteiger partial charge in [0.15, 0.2) is 0 Å². The highest BCUT2D eigenvalue weighted by atomic mass is 32.1. The van der Waals surface area contributed by atoms with E-state index in [-0.39, 0.29) is 11.4 Å². The van der Waals surface area contributed by atoms with Gasteiger partial charge in [-0.1, -0.05) is 19.3 Å². The van der Waals surface area contributed by atoms with Gasteiger partial charge in [0.1, 0.15) is 5.01 Å². The molecule has 0 aromatic carbocycles. The van der Waals surface area contributed by atoms with Gasteiger partial charge in [0.2, 0.25) is 5.91 Å². The average molecular weight is 281 g/mol. The third-order valence-electron chi connectivity index (χ3n) is 3.94. The van der Waals surface area contributed by atoms with E-state index in [1.807, 2.05) is 19.4 Å². The molecule has 19 heavy (non-hydrogen) atoms. The van der Waals surface area contributed by atoms with Gasteiger partial charge in [0.05, 0.1) is 6.54 Å². The first kappa shape index (κ1) is 14.5. The summed E-state index contributed by atoms with van der Waals surface area (Å²) in [5, 5.41) is 9.36. The van der Waals surface area contributed by atoms with Crippen molar-refractivity contribution in [3.05, 3.63) is 16.1 Å². The molecule has 0 spiro atoms. The second kappa shape index (κ2) is 6.48. The zero-order valence-corrected chi connectivity index (χ0v) is 12.6. The highest BCUT2D eigenvalue weighted by Crippen LogP contribution is 2.30. The number of nitrogens with one attached hydrogen (secondary N) is 2. The van der Waals surface area contributed by atoms with Crippen LogP contribution in [0.5, 0.6) is 0 Å². The van der Waals surface area contributed by atoms with Crippen LogP contribution in [-0.2, 0) is 11.3 Å². The number of amides is 1. The molecule has 0 unspecified atom stereocenters. The predicted octanol–water partition coefficient (Wildman–Crippen LogP) is 2.38. The summed E-state index contributed by atoms with van der Waals surface area (Å²) in [6.45, 7) is 2.52. The highest BCUT2D eigenvalue weighted by Gasteiger charge is 2.32. The van der Waals surface area contributed by atoms with Crippen molar-refractivity contribution >= 4 is 17.2 Å². The molecular weight excluding hydrogens is 258 g/mol. The van der Waals surface area contributed by atoms with Crippen molar-refractivity contribution in [3.63, 3.8) is 0 Å². The number of rotatable bonds is 5. The van der Waals surface area contributed by atoms with E-state index in [9.17, 15) is 4.79 Å². The molecule has 1 aromatic heterocycles. The lowest BCUT2D eigenvalue weighted by atomic mass is 9.79. The van der Waals surface area contributed by atoms with E-state index in [4.69, 9.17) is 0 Å². The minimum absolute atomic E-state index is 0.0150. The van der Waals surface area contributed by atoms with E-state index < -0.39 is 0 Å². The summed E-state index contributed by atoms with van der Waals surface area (Å²) < 4.78 is 0. The summed E-state index contributed by atoms with van der Waals surface area (Å²) in [6, 6.07) is 0. The van der Waals surface area contributed by atoms with Gasteiger partial charge in [-0.2, -0.15) is 0 Å². The van der Waals surface area contributed by atoms with Crippen LogP contribution in [0.4, 0.5) is 0 Å². The Hall–Kier alpha value is -0.940. The lowest BCUT2D eigenvalue weighted by molar-refractivity contribution is -0.123. The number of hydrogen-bond acceptors (Lipinski definition) is 4. The fraction of sp³-hybridized carbons (Fsp3) is 0.714. The van der Waals surface area contributed by atoms with Crippen molar-refractivity contribution in [1.82, 2.24) is 15.6 Å². The molecule has 1 saturated carbocycles. The molecular formula is C14H23N3OS. The van der Waals surface area contributed by atoms with Crippen LogP contribution in [0, 0.1) is 6.92 Å². The summed E-state index contributed by atoms with van der Waals surface area (Å²) in [5.74, 6) is 0.129. The van der Waals surface area contributed by atoms with Crippen LogP contribution in [-0.4, -0.2) is 23.5 Å². The maximum atomic E-state index is 12.1. The molecule has 1 fully saturated rings. The van der Waals surface area contributed by atoms with Gasteiger partial charge in [0.25, 0.3) is 0 Å². The summed E-state index contributed by atoms with van der Waals surface area (Å²) in [7, 11) is 1.97. The second-order valence-corrected chi connectivity index (χ2v) is 6.37. The number of carbonyl (C=O) groups is 1. The molecule has 1 heterocycles. The van der Waals surface area contributed by atoms with Crippen LogP contribution in [0.3, 0.4) is 0 Å². The molecule has 1 amide bonds. The normalized spacial score (nSPS) is 18.2. The summed E-state index contributed by atoms with van der Waals surface area (Å²) in [4.78, 5) is 16.4. The molecule has 0 atom stereocenters. The molecule has 2 N–H and O–H groups in total. The molecule has 0 aliphatic heterocycles. The van der Waals surface area contributed by atoms with E-state index in [2.05, 4.69) is 15.6 Å². The van der Waals surface area contributed by atoms with Gasteiger partial charge >= 0.3 is 0 Å². The van der Waals surface area contributed by atoms with E-state index in [1.54, 1.807) is 11.3 Å². The van der Waals surface area contributed by atoms with Crippen molar-refractivity contribution in [2.45, 2.75) is 57.5 Å². The lowest BCUT2D eigenvalue weighted by Gasteiger charge is -2.36. The Labute approximate surface area is 119 Å².